The highest BCUT2D eigenvalue weighted by Crippen LogP contribution is 2.38. The van der Waals surface area contributed by atoms with E-state index in [1.54, 1.807) is 18.2 Å². The molecule has 0 saturated carbocycles. The number of rotatable bonds is 6. The first-order chi connectivity index (χ1) is 14.8. The number of amides is 2. The third-order valence-electron chi connectivity index (χ3n) is 4.74. The molecule has 2 N–H and O–H groups in total. The molecule has 1 atom stereocenters. The van der Waals surface area contributed by atoms with Crippen LogP contribution in [-0.2, 0) is 9.59 Å². The molecular weight excluding hydrogens is 502 g/mol. The molecule has 9 heteroatoms. The second-order valence-corrected chi connectivity index (χ2v) is 9.16. The summed E-state index contributed by atoms with van der Waals surface area (Å²) in [5, 5.41) is 16.2. The fourth-order valence-corrected chi connectivity index (χ4v) is 4.83. The number of nitriles is 1. The Bertz CT molecular complexity index is 1110. The fourth-order valence-electron chi connectivity index (χ4n) is 3.21. The molecule has 2 aromatic carbocycles. The summed E-state index contributed by atoms with van der Waals surface area (Å²) in [7, 11) is 1.52. The molecule has 0 radical (unpaired) electrons. The van der Waals surface area contributed by atoms with Crippen LogP contribution in [0.15, 0.2) is 51.5 Å². The van der Waals surface area contributed by atoms with Crippen LogP contribution in [-0.4, -0.2) is 24.7 Å². The standard InChI is InChI=1S/C22H19BrClN3O3S/c1-12-7-14(23)4-5-18(12)26-21(29)11-31-22-16(10-25)15(9-20(28)27-22)13-3-6-19(30-2)17(24)8-13/h3-8,15H,9,11H2,1-2H3,(H,26,29)(H,27,28)/t15-/m1/s1. The molecule has 1 aliphatic heterocycles. The number of hydrogen-bond acceptors (Lipinski definition) is 5. The van der Waals surface area contributed by atoms with E-state index in [1.165, 1.54) is 7.11 Å². The lowest BCUT2D eigenvalue weighted by Crippen LogP contribution is -2.31. The van der Waals surface area contributed by atoms with E-state index in [9.17, 15) is 14.9 Å². The summed E-state index contributed by atoms with van der Waals surface area (Å²) in [5.74, 6) is -0.331. The molecule has 3 rings (SSSR count). The van der Waals surface area contributed by atoms with Gasteiger partial charge < -0.3 is 15.4 Å². The van der Waals surface area contributed by atoms with Crippen molar-refractivity contribution in [1.82, 2.24) is 5.32 Å². The van der Waals surface area contributed by atoms with E-state index in [0.717, 1.165) is 27.4 Å². The van der Waals surface area contributed by atoms with E-state index in [-0.39, 0.29) is 24.0 Å². The van der Waals surface area contributed by atoms with Crippen molar-refractivity contribution in [3.8, 4) is 11.8 Å². The summed E-state index contributed by atoms with van der Waals surface area (Å²) in [6, 6.07) is 13.0. The van der Waals surface area contributed by atoms with Gasteiger partial charge in [0.25, 0.3) is 0 Å². The summed E-state index contributed by atoms with van der Waals surface area (Å²) >= 11 is 10.7. The van der Waals surface area contributed by atoms with Crippen LogP contribution in [0, 0.1) is 18.3 Å². The van der Waals surface area contributed by atoms with E-state index in [1.807, 2.05) is 25.1 Å². The second kappa shape index (κ2) is 10.2. The first-order valence-electron chi connectivity index (χ1n) is 9.28. The van der Waals surface area contributed by atoms with Gasteiger partial charge in [0.05, 0.1) is 34.6 Å². The van der Waals surface area contributed by atoms with Gasteiger partial charge in [-0.15, -0.1) is 0 Å². The van der Waals surface area contributed by atoms with Gasteiger partial charge >= 0.3 is 0 Å². The third kappa shape index (κ3) is 5.62. The van der Waals surface area contributed by atoms with Crippen molar-refractivity contribution in [3.05, 3.63) is 67.6 Å². The average molecular weight is 521 g/mol. The lowest BCUT2D eigenvalue weighted by Gasteiger charge is -2.25. The number of aryl methyl sites for hydroxylation is 1. The molecule has 31 heavy (non-hydrogen) atoms. The van der Waals surface area contributed by atoms with Crippen LogP contribution in [0.4, 0.5) is 5.69 Å². The van der Waals surface area contributed by atoms with Crippen LogP contribution in [0.2, 0.25) is 5.02 Å². The summed E-state index contributed by atoms with van der Waals surface area (Å²) in [6.45, 7) is 1.90. The molecule has 0 fully saturated rings. The highest BCUT2D eigenvalue weighted by Gasteiger charge is 2.30. The van der Waals surface area contributed by atoms with Crippen molar-refractivity contribution in [2.24, 2.45) is 0 Å². The smallest absolute Gasteiger partial charge is 0.234 e. The topological polar surface area (TPSA) is 91.2 Å². The van der Waals surface area contributed by atoms with Crippen LogP contribution < -0.4 is 15.4 Å². The number of methoxy groups -OCH3 is 1. The van der Waals surface area contributed by atoms with Gasteiger partial charge in [0.15, 0.2) is 0 Å². The number of hydrogen-bond donors (Lipinski definition) is 2. The van der Waals surface area contributed by atoms with E-state index in [2.05, 4.69) is 32.6 Å². The first kappa shape index (κ1) is 23.2. The minimum absolute atomic E-state index is 0.0480. The minimum Gasteiger partial charge on any atom is -0.495 e. The summed E-state index contributed by atoms with van der Waals surface area (Å²) in [5.41, 5.74) is 2.78. The maximum absolute atomic E-state index is 12.4. The summed E-state index contributed by atoms with van der Waals surface area (Å²) in [4.78, 5) is 24.8. The molecule has 1 aliphatic rings. The molecule has 2 aromatic rings. The molecule has 0 bridgehead atoms. The van der Waals surface area contributed by atoms with Gasteiger partial charge in [-0.05, 0) is 48.4 Å². The van der Waals surface area contributed by atoms with Crippen LogP contribution in [0.3, 0.4) is 0 Å². The predicted molar refractivity (Wildman–Crippen MR) is 126 cm³/mol. The Morgan fingerprint density at radius 3 is 2.81 bits per heavy atom. The Hall–Kier alpha value is -2.47. The SMILES string of the molecule is COc1ccc([C@H]2CC(=O)NC(SCC(=O)Nc3ccc(Br)cc3C)=C2C#N)cc1Cl. The van der Waals surface area contributed by atoms with E-state index >= 15 is 0 Å². The number of nitrogens with one attached hydrogen (secondary N) is 2. The number of thioether (sulfide) groups is 1. The predicted octanol–water partition coefficient (Wildman–Crippen LogP) is 5.13. The number of allylic oxidation sites excluding steroid dienone is 1. The molecule has 0 spiro atoms. The van der Waals surface area contributed by atoms with E-state index in [4.69, 9.17) is 16.3 Å². The molecule has 0 aromatic heterocycles. The number of anilines is 1. The number of benzene rings is 2. The molecule has 2 amide bonds. The summed E-state index contributed by atoms with van der Waals surface area (Å²) < 4.78 is 6.10. The molecule has 0 saturated heterocycles. The Kier molecular flexibility index (Phi) is 7.65. The number of carbonyl (C=O) groups is 2. The molecule has 6 nitrogen and oxygen atoms in total. The molecule has 0 aliphatic carbocycles. The van der Waals surface area contributed by atoms with Crippen LogP contribution in [0.25, 0.3) is 0 Å². The lowest BCUT2D eigenvalue weighted by atomic mass is 9.87. The Balaban J connectivity index is 1.78. The Morgan fingerprint density at radius 2 is 2.16 bits per heavy atom. The fraction of sp³-hybridized carbons (Fsp3) is 0.227. The van der Waals surface area contributed by atoms with Crippen molar-refractivity contribution < 1.29 is 14.3 Å². The summed E-state index contributed by atoms with van der Waals surface area (Å²) in [6.07, 6.45) is 0.125. The van der Waals surface area contributed by atoms with Gasteiger partial charge in [0.2, 0.25) is 11.8 Å². The van der Waals surface area contributed by atoms with Gasteiger partial charge in [-0.3, -0.25) is 9.59 Å². The zero-order chi connectivity index (χ0) is 22.5. The van der Waals surface area contributed by atoms with Crippen molar-refractivity contribution in [1.29, 1.82) is 5.26 Å². The molecule has 0 unspecified atom stereocenters. The van der Waals surface area contributed by atoms with E-state index < -0.39 is 5.92 Å². The Labute approximate surface area is 198 Å². The maximum Gasteiger partial charge on any atom is 0.234 e. The molecular formula is C22H19BrClN3O3S. The van der Waals surface area contributed by atoms with Gasteiger partial charge in [-0.25, -0.2) is 0 Å². The van der Waals surface area contributed by atoms with Gasteiger partial charge in [-0.2, -0.15) is 5.26 Å². The first-order valence-corrected chi connectivity index (χ1v) is 11.4. The second-order valence-electron chi connectivity index (χ2n) is 6.85. The number of ether oxygens (including phenoxy) is 1. The van der Waals surface area contributed by atoms with Crippen molar-refractivity contribution in [2.75, 3.05) is 18.2 Å². The van der Waals surface area contributed by atoms with Crippen molar-refractivity contribution >= 4 is 56.8 Å². The number of nitrogens with zero attached hydrogens (tertiary/aromatic N) is 1. The van der Waals surface area contributed by atoms with Crippen LogP contribution >= 0.6 is 39.3 Å². The number of carbonyl (C=O) groups excluding carboxylic acids is 2. The van der Waals surface area contributed by atoms with E-state index in [0.29, 0.717) is 27.1 Å². The largest absolute Gasteiger partial charge is 0.495 e. The van der Waals surface area contributed by atoms with Gasteiger partial charge in [-0.1, -0.05) is 45.4 Å². The van der Waals surface area contributed by atoms with Gasteiger partial charge in [0.1, 0.15) is 5.75 Å². The normalized spacial score (nSPS) is 15.8. The highest BCUT2D eigenvalue weighted by molar-refractivity contribution is 9.10. The van der Waals surface area contributed by atoms with Crippen LogP contribution in [0.5, 0.6) is 5.75 Å². The van der Waals surface area contributed by atoms with Crippen LogP contribution in [0.1, 0.15) is 23.5 Å². The lowest BCUT2D eigenvalue weighted by molar-refractivity contribution is -0.121. The van der Waals surface area contributed by atoms with Crippen molar-refractivity contribution in [2.45, 2.75) is 19.3 Å². The molecule has 1 heterocycles. The monoisotopic (exact) mass is 519 g/mol. The minimum atomic E-state index is -0.443. The van der Waals surface area contributed by atoms with Gasteiger partial charge in [0, 0.05) is 22.5 Å². The quantitative estimate of drug-likeness (QED) is 0.551. The molecule has 160 valence electrons. The third-order valence-corrected chi connectivity index (χ3v) is 6.55. The zero-order valence-corrected chi connectivity index (χ0v) is 20.0. The maximum atomic E-state index is 12.4. The Morgan fingerprint density at radius 1 is 1.39 bits per heavy atom. The highest BCUT2D eigenvalue weighted by atomic mass is 79.9. The zero-order valence-electron chi connectivity index (χ0n) is 16.8. The average Bonchev–Trinajstić information content (AvgIpc) is 2.73. The number of halogens is 2. The van der Waals surface area contributed by atoms with Crippen molar-refractivity contribution in [3.63, 3.8) is 0 Å².